The zero-order valence-electron chi connectivity index (χ0n) is 10.2. The predicted octanol–water partition coefficient (Wildman–Crippen LogP) is 2.89. The SMILES string of the molecule is COc1ccc(-n2ccnc2SC(C)C#N)cc1. The number of rotatable bonds is 4. The van der Waals surface area contributed by atoms with Gasteiger partial charge in [0.05, 0.1) is 18.4 Å². The smallest absolute Gasteiger partial charge is 0.173 e. The van der Waals surface area contributed by atoms with Crippen molar-refractivity contribution >= 4 is 11.8 Å². The first-order valence-electron chi connectivity index (χ1n) is 5.48. The number of hydrogen-bond acceptors (Lipinski definition) is 4. The monoisotopic (exact) mass is 259 g/mol. The zero-order chi connectivity index (χ0) is 13.0. The largest absolute Gasteiger partial charge is 0.497 e. The lowest BCUT2D eigenvalue weighted by Gasteiger charge is -2.08. The van der Waals surface area contributed by atoms with Crippen molar-refractivity contribution in [3.8, 4) is 17.5 Å². The Morgan fingerprint density at radius 2 is 2.11 bits per heavy atom. The molecule has 18 heavy (non-hydrogen) atoms. The quantitative estimate of drug-likeness (QED) is 0.792. The lowest BCUT2D eigenvalue weighted by Crippen LogP contribution is -1.98. The molecule has 92 valence electrons. The molecule has 0 saturated heterocycles. The zero-order valence-corrected chi connectivity index (χ0v) is 11.0. The third kappa shape index (κ3) is 2.66. The van der Waals surface area contributed by atoms with Crippen LogP contribution in [0.3, 0.4) is 0 Å². The summed E-state index contributed by atoms with van der Waals surface area (Å²) < 4.78 is 7.08. The molecule has 4 nitrogen and oxygen atoms in total. The normalized spacial score (nSPS) is 11.8. The minimum Gasteiger partial charge on any atom is -0.497 e. The van der Waals surface area contributed by atoms with E-state index in [0.29, 0.717) is 0 Å². The first kappa shape index (κ1) is 12.5. The molecule has 2 rings (SSSR count). The second-order valence-electron chi connectivity index (χ2n) is 3.67. The fourth-order valence-corrected chi connectivity index (χ4v) is 2.27. The Morgan fingerprint density at radius 3 is 2.72 bits per heavy atom. The highest BCUT2D eigenvalue weighted by Crippen LogP contribution is 2.24. The topological polar surface area (TPSA) is 50.8 Å². The van der Waals surface area contributed by atoms with E-state index in [1.54, 1.807) is 13.3 Å². The second kappa shape index (κ2) is 5.61. The van der Waals surface area contributed by atoms with Gasteiger partial charge in [0.1, 0.15) is 5.75 Å². The van der Waals surface area contributed by atoms with Gasteiger partial charge in [0.15, 0.2) is 5.16 Å². The van der Waals surface area contributed by atoms with Crippen LogP contribution < -0.4 is 4.74 Å². The molecular formula is C13H13N3OS. The molecule has 0 fully saturated rings. The van der Waals surface area contributed by atoms with E-state index in [0.717, 1.165) is 16.6 Å². The molecule has 1 atom stereocenters. The van der Waals surface area contributed by atoms with Gasteiger partial charge >= 0.3 is 0 Å². The molecular weight excluding hydrogens is 246 g/mol. The van der Waals surface area contributed by atoms with Gasteiger partial charge in [-0.1, -0.05) is 11.8 Å². The van der Waals surface area contributed by atoms with E-state index in [2.05, 4.69) is 11.1 Å². The number of nitriles is 1. The van der Waals surface area contributed by atoms with Crippen LogP contribution in [-0.4, -0.2) is 21.9 Å². The molecule has 0 N–H and O–H groups in total. The highest BCUT2D eigenvalue weighted by atomic mass is 32.2. The highest BCUT2D eigenvalue weighted by molar-refractivity contribution is 8.00. The van der Waals surface area contributed by atoms with E-state index in [1.807, 2.05) is 42.0 Å². The van der Waals surface area contributed by atoms with Crippen LogP contribution in [0, 0.1) is 11.3 Å². The molecule has 0 aliphatic rings. The molecule has 0 aliphatic carbocycles. The Bertz CT molecular complexity index is 556. The number of aromatic nitrogens is 2. The van der Waals surface area contributed by atoms with Crippen molar-refractivity contribution in [1.29, 1.82) is 5.26 Å². The summed E-state index contributed by atoms with van der Waals surface area (Å²) in [6.07, 6.45) is 3.62. The van der Waals surface area contributed by atoms with Crippen LogP contribution in [0.2, 0.25) is 0 Å². The minimum atomic E-state index is -0.121. The minimum absolute atomic E-state index is 0.121. The van der Waals surface area contributed by atoms with Gasteiger partial charge in [-0.3, -0.25) is 4.57 Å². The number of thioether (sulfide) groups is 1. The van der Waals surface area contributed by atoms with Gasteiger partial charge in [0.2, 0.25) is 0 Å². The lowest BCUT2D eigenvalue weighted by molar-refractivity contribution is 0.414. The molecule has 0 saturated carbocycles. The van der Waals surface area contributed by atoms with Crippen molar-refractivity contribution in [2.75, 3.05) is 7.11 Å². The number of nitrogens with zero attached hydrogens (tertiary/aromatic N) is 3. The molecule has 1 aromatic carbocycles. The third-order valence-electron chi connectivity index (χ3n) is 2.42. The van der Waals surface area contributed by atoms with Crippen molar-refractivity contribution in [2.45, 2.75) is 17.3 Å². The van der Waals surface area contributed by atoms with Crippen molar-refractivity contribution in [2.24, 2.45) is 0 Å². The van der Waals surface area contributed by atoms with Gasteiger partial charge < -0.3 is 4.74 Å². The Balaban J connectivity index is 2.27. The van der Waals surface area contributed by atoms with E-state index < -0.39 is 0 Å². The average Bonchev–Trinajstić information content (AvgIpc) is 2.86. The molecule has 0 aliphatic heterocycles. The molecule has 1 unspecified atom stereocenters. The van der Waals surface area contributed by atoms with E-state index in [4.69, 9.17) is 10.00 Å². The van der Waals surface area contributed by atoms with Crippen molar-refractivity contribution in [3.63, 3.8) is 0 Å². The molecule has 0 spiro atoms. The Kier molecular flexibility index (Phi) is 3.90. The number of benzene rings is 1. The maximum absolute atomic E-state index is 8.84. The second-order valence-corrected chi connectivity index (χ2v) is 4.97. The fourth-order valence-electron chi connectivity index (χ4n) is 1.50. The van der Waals surface area contributed by atoms with Crippen LogP contribution in [0.25, 0.3) is 5.69 Å². The third-order valence-corrected chi connectivity index (χ3v) is 3.39. The standard InChI is InChI=1S/C13H13N3OS/c1-10(9-14)18-13-15-7-8-16(13)11-3-5-12(17-2)6-4-11/h3-8,10H,1-2H3. The number of ether oxygens (including phenoxy) is 1. The van der Waals surface area contributed by atoms with E-state index in [9.17, 15) is 0 Å². The highest BCUT2D eigenvalue weighted by Gasteiger charge is 2.09. The van der Waals surface area contributed by atoms with Gasteiger partial charge in [0.25, 0.3) is 0 Å². The maximum atomic E-state index is 8.84. The molecule has 2 aromatic rings. The number of imidazole rings is 1. The first-order chi connectivity index (χ1) is 8.74. The van der Waals surface area contributed by atoms with E-state index in [-0.39, 0.29) is 5.25 Å². The van der Waals surface area contributed by atoms with Crippen LogP contribution in [0.15, 0.2) is 41.8 Å². The summed E-state index contributed by atoms with van der Waals surface area (Å²) in [6.45, 7) is 1.86. The summed E-state index contributed by atoms with van der Waals surface area (Å²) in [4.78, 5) is 4.27. The summed E-state index contributed by atoms with van der Waals surface area (Å²) in [6, 6.07) is 9.91. The van der Waals surface area contributed by atoms with Crippen molar-refractivity contribution < 1.29 is 4.74 Å². The number of methoxy groups -OCH3 is 1. The van der Waals surface area contributed by atoms with E-state index >= 15 is 0 Å². The van der Waals surface area contributed by atoms with Gasteiger partial charge in [-0.25, -0.2) is 4.98 Å². The van der Waals surface area contributed by atoms with Gasteiger partial charge in [0, 0.05) is 18.1 Å². The molecule has 0 radical (unpaired) electrons. The Hall–Kier alpha value is -1.93. The first-order valence-corrected chi connectivity index (χ1v) is 6.36. The predicted molar refractivity (Wildman–Crippen MR) is 71.0 cm³/mol. The fraction of sp³-hybridized carbons (Fsp3) is 0.231. The summed E-state index contributed by atoms with van der Waals surface area (Å²) >= 11 is 1.44. The van der Waals surface area contributed by atoms with Crippen LogP contribution >= 0.6 is 11.8 Å². The Morgan fingerprint density at radius 1 is 1.39 bits per heavy atom. The average molecular weight is 259 g/mol. The Labute approximate surface area is 110 Å². The van der Waals surface area contributed by atoms with Crippen LogP contribution in [0.1, 0.15) is 6.92 Å². The molecule has 0 amide bonds. The summed E-state index contributed by atoms with van der Waals surface area (Å²) in [7, 11) is 1.64. The van der Waals surface area contributed by atoms with Gasteiger partial charge in [-0.05, 0) is 31.2 Å². The van der Waals surface area contributed by atoms with Crippen LogP contribution in [-0.2, 0) is 0 Å². The summed E-state index contributed by atoms with van der Waals surface area (Å²) in [5.41, 5.74) is 1.00. The van der Waals surface area contributed by atoms with Crippen LogP contribution in [0.4, 0.5) is 0 Å². The molecule has 5 heteroatoms. The molecule has 0 bridgehead atoms. The lowest BCUT2D eigenvalue weighted by atomic mass is 10.3. The van der Waals surface area contributed by atoms with Gasteiger partial charge in [-0.15, -0.1) is 0 Å². The summed E-state index contributed by atoms with van der Waals surface area (Å²) in [5, 5.41) is 9.53. The maximum Gasteiger partial charge on any atom is 0.173 e. The van der Waals surface area contributed by atoms with E-state index in [1.165, 1.54) is 11.8 Å². The van der Waals surface area contributed by atoms with Crippen LogP contribution in [0.5, 0.6) is 5.75 Å². The van der Waals surface area contributed by atoms with Crippen molar-refractivity contribution in [3.05, 3.63) is 36.7 Å². The van der Waals surface area contributed by atoms with Gasteiger partial charge in [-0.2, -0.15) is 5.26 Å². The number of hydrogen-bond donors (Lipinski definition) is 0. The molecule has 1 aromatic heterocycles. The molecule has 1 heterocycles. The van der Waals surface area contributed by atoms with Crippen molar-refractivity contribution in [1.82, 2.24) is 9.55 Å². The summed E-state index contributed by atoms with van der Waals surface area (Å²) in [5.74, 6) is 0.818.